The summed E-state index contributed by atoms with van der Waals surface area (Å²) in [5, 5.41) is 19.9. The molecular weight excluding hydrogens is 1910 g/mol. The molecule has 15 N–H and O–H groups in total. The minimum absolute atomic E-state index is 0.00530. The fourth-order valence-corrected chi connectivity index (χ4v) is 14.5. The molecule has 6 atom stereocenters. The van der Waals surface area contributed by atoms with Gasteiger partial charge in [0.25, 0.3) is 59.1 Å². The molecule has 14 aromatic rings. The minimum Gasteiger partial charge on any atom is -0.497 e. The largest absolute Gasteiger partial charge is 0.497 e. The maximum absolute atomic E-state index is 14.2. The molecule has 6 unspecified atom stereocenters. The summed E-state index contributed by atoms with van der Waals surface area (Å²) in [6.07, 6.45) is 2.94. The van der Waals surface area contributed by atoms with E-state index in [1.54, 1.807) is 174 Å². The monoisotopic (exact) mass is 2010 g/mol. The van der Waals surface area contributed by atoms with Gasteiger partial charge in [-0.05, 0) is 77.4 Å². The van der Waals surface area contributed by atoms with Gasteiger partial charge in [0, 0.05) is 80.2 Å². The zero-order valence-electron chi connectivity index (χ0n) is 79.8. The lowest BCUT2D eigenvalue weighted by atomic mass is 9.95. The van der Waals surface area contributed by atoms with E-state index < -0.39 is 137 Å². The molecule has 0 fully saturated rings. The summed E-state index contributed by atoms with van der Waals surface area (Å²) < 4.78 is 94.4. The van der Waals surface area contributed by atoms with Crippen LogP contribution in [0.4, 0.5) is 22.0 Å². The van der Waals surface area contributed by atoms with E-state index in [9.17, 15) is 93.9 Å². The Balaban J connectivity index is 0.000000189. The number of nitrogens with one attached hydrogen (secondary N) is 5. The molecule has 0 saturated carbocycles. The highest BCUT2D eigenvalue weighted by Crippen LogP contribution is 2.33. The molecule has 37 nitrogen and oxygen atoms in total. The zero-order valence-corrected chi connectivity index (χ0v) is 79.8. The van der Waals surface area contributed by atoms with Gasteiger partial charge < -0.3 is 78.0 Å². The molecule has 147 heavy (non-hydrogen) atoms. The molecule has 760 valence electrons. The average Bonchev–Trinajstić information content (AvgIpc) is 1.65. The fourth-order valence-electron chi connectivity index (χ4n) is 14.5. The number of carbonyl (C=O) groups excluding carboxylic acids is 15. The Bertz CT molecular complexity index is 7030. The summed E-state index contributed by atoms with van der Waals surface area (Å²) in [7, 11) is 2.98. The number of benzene rings is 9. The van der Waals surface area contributed by atoms with Gasteiger partial charge in [-0.2, -0.15) is 27.8 Å². The number of amides is 10. The number of aromatic nitrogens is 7. The third-order valence-corrected chi connectivity index (χ3v) is 22.0. The van der Waals surface area contributed by atoms with Crippen molar-refractivity contribution in [2.45, 2.75) is 116 Å². The molecule has 14 rings (SSSR count). The third-order valence-electron chi connectivity index (χ3n) is 22.0. The number of oxazole rings is 3. The van der Waals surface area contributed by atoms with Crippen molar-refractivity contribution in [2.24, 2.45) is 34.6 Å². The summed E-state index contributed by atoms with van der Waals surface area (Å²) in [5.74, 6) is -13.3. The number of alkyl halides is 4. The van der Waals surface area contributed by atoms with Crippen LogP contribution in [0.1, 0.15) is 132 Å². The van der Waals surface area contributed by atoms with Crippen molar-refractivity contribution in [1.82, 2.24) is 61.1 Å². The van der Waals surface area contributed by atoms with Crippen LogP contribution in [0.15, 0.2) is 280 Å². The van der Waals surface area contributed by atoms with E-state index in [0.717, 1.165) is 24.0 Å². The van der Waals surface area contributed by atoms with Gasteiger partial charge in [-0.3, -0.25) is 71.9 Å². The highest BCUT2D eigenvalue weighted by atomic mass is 19.3. The number of methoxy groups -OCH3 is 2. The number of aryl methyl sites for hydroxylation is 4. The third kappa shape index (κ3) is 30.7. The zero-order chi connectivity index (χ0) is 107. The standard InChI is InChI=1S/C22H20F2N4O4.C22H21N3O5.C22H21N3O4.C21H17F3N4O3.C18H21N3O4/c1-32-15-9-5-8-14(11-15)18-16(12-28(27-18)22(23)24)21(31)26-17(19(29)20(25)30)10-13-6-3-2-4-7-13;1-13-24-18(15-6-4-3-5-7-15)20(30-13)22(28)25-17(19(26)21(23)27)12-14-8-10-16(29-2)11-9-14;1-14-24-18(16-10-6-3-7-11-16)20(29-14)22(28)25-17(19(26)21(23)27)13-12-15-8-4-2-5-9-15;22-15-9-5-4-8-13(15)17-14(11-28(27-17)21(23)24)20(31)26-16(18(29)19(25)30)10-12-6-2-1-3-7-12;1-4-10(2)13(15(22)17(19)23)21-18(24)16-14(20-11(3)25-16)12-8-6-5-7-9-12/h2-9,11-12,17,22H,10H2,1H3,(H2,25,30)(H,26,31);3-11,17H,12H2,1-2H3,(H2,23,27)(H,25,28);2-11,17H,12-13H2,1H3,(H2,23,27)(H,25,28);1-9,11,16,21H,10H2,(H2,25,30)(H,26,31);5-10,13H,4H2,1-3H3,(H2,19,23)(H,21,24). The maximum Gasteiger partial charge on any atom is 0.333 e. The van der Waals surface area contributed by atoms with Gasteiger partial charge in [0.05, 0.1) is 31.4 Å². The number of ketones is 5. The number of hydrogen-bond acceptors (Lipinski definition) is 25. The van der Waals surface area contributed by atoms with Crippen molar-refractivity contribution in [2.75, 3.05) is 14.2 Å². The van der Waals surface area contributed by atoms with E-state index in [-0.39, 0.29) is 81.6 Å². The summed E-state index contributed by atoms with van der Waals surface area (Å²) in [6.45, 7) is 2.41. The number of ether oxygens (including phenoxy) is 2. The Morgan fingerprint density at radius 3 is 1.04 bits per heavy atom. The van der Waals surface area contributed by atoms with E-state index >= 15 is 0 Å². The Morgan fingerprint density at radius 2 is 0.673 bits per heavy atom. The van der Waals surface area contributed by atoms with Crippen molar-refractivity contribution in [3.8, 4) is 67.8 Å². The predicted molar refractivity (Wildman–Crippen MR) is 523 cm³/mol. The number of rotatable bonds is 40. The highest BCUT2D eigenvalue weighted by molar-refractivity contribution is 6.40. The summed E-state index contributed by atoms with van der Waals surface area (Å²) in [5.41, 5.74) is 31.1. The van der Waals surface area contributed by atoms with E-state index in [1.165, 1.54) is 31.4 Å². The maximum atomic E-state index is 14.2. The molecule has 0 radical (unpaired) electrons. The van der Waals surface area contributed by atoms with Crippen LogP contribution < -0.4 is 64.7 Å². The van der Waals surface area contributed by atoms with Crippen LogP contribution in [0.3, 0.4) is 0 Å². The molecule has 0 aliphatic carbocycles. The van der Waals surface area contributed by atoms with Crippen LogP contribution in [-0.2, 0) is 73.6 Å². The first kappa shape index (κ1) is 110. The quantitative estimate of drug-likeness (QED) is 0.0126. The van der Waals surface area contributed by atoms with Crippen LogP contribution in [0, 0.1) is 32.5 Å². The van der Waals surface area contributed by atoms with Crippen LogP contribution in [-0.4, -0.2) is 167 Å². The lowest BCUT2D eigenvalue weighted by molar-refractivity contribution is -0.137. The number of hydrogen-bond donors (Lipinski definition) is 10. The molecule has 0 aliphatic rings. The first-order chi connectivity index (χ1) is 70.3. The number of carbonyl (C=O) groups is 15. The molecular formula is C105H100F5N17O20. The van der Waals surface area contributed by atoms with E-state index in [1.807, 2.05) is 91.9 Å². The van der Waals surface area contributed by atoms with Gasteiger partial charge >= 0.3 is 13.1 Å². The second-order valence-electron chi connectivity index (χ2n) is 32.4. The molecule has 0 aliphatic heterocycles. The highest BCUT2D eigenvalue weighted by Gasteiger charge is 2.37. The number of primary amides is 5. The Hall–Kier alpha value is -18.7. The second kappa shape index (κ2) is 52.7. The fraction of sp³-hybridized carbons (Fsp3) is 0.200. The van der Waals surface area contributed by atoms with Gasteiger partial charge in [-0.15, -0.1) is 0 Å². The SMILES string of the molecule is CCC(C)C(NC(=O)c1oc(C)nc1-c1ccccc1)C(=O)C(N)=O.COc1ccc(CC(NC(=O)c2oc(C)nc2-c2ccccc2)C(=O)C(N)=O)cc1.COc1cccc(-c2nn(C(F)F)cc2C(=O)NC(Cc2ccccc2)C(=O)C(N)=O)c1.Cc1nc(-c2ccccc2)c(C(=O)NC(CCc2ccccc2)C(=O)C(N)=O)o1.NC(=O)C(=O)C(Cc1ccccc1)NC(=O)c1cn(C(F)F)nc1-c1ccccc1F. The van der Waals surface area contributed by atoms with Crippen molar-refractivity contribution in [3.63, 3.8) is 0 Å². The van der Waals surface area contributed by atoms with Crippen molar-refractivity contribution in [1.29, 1.82) is 0 Å². The van der Waals surface area contributed by atoms with Crippen molar-refractivity contribution < 1.29 is 117 Å². The average molecular weight is 2020 g/mol. The van der Waals surface area contributed by atoms with E-state index in [4.69, 9.17) is 51.4 Å². The van der Waals surface area contributed by atoms with Gasteiger partial charge in [-0.1, -0.05) is 239 Å². The molecule has 0 spiro atoms. The lowest BCUT2D eigenvalue weighted by Gasteiger charge is -2.21. The molecule has 0 bridgehead atoms. The minimum atomic E-state index is -3.08. The molecule has 5 aromatic heterocycles. The number of halogens is 5. The first-order valence-electron chi connectivity index (χ1n) is 45.0. The smallest absolute Gasteiger partial charge is 0.333 e. The first-order valence-corrected chi connectivity index (χ1v) is 45.0. The van der Waals surface area contributed by atoms with Gasteiger partial charge in [0.1, 0.15) is 70.0 Å². The van der Waals surface area contributed by atoms with E-state index in [2.05, 4.69) is 51.7 Å². The normalized spacial score (nSPS) is 11.9. The topological polar surface area (TPSA) is 578 Å². The van der Waals surface area contributed by atoms with E-state index in [0.29, 0.717) is 103 Å². The molecule has 0 saturated heterocycles. The van der Waals surface area contributed by atoms with Crippen LogP contribution in [0.25, 0.3) is 56.3 Å². The Labute approximate surface area is 836 Å². The van der Waals surface area contributed by atoms with Gasteiger partial charge in [0.2, 0.25) is 46.2 Å². The summed E-state index contributed by atoms with van der Waals surface area (Å²) in [6, 6.07) is 66.5. The van der Waals surface area contributed by atoms with Crippen molar-refractivity contribution >= 4 is 88.0 Å². The van der Waals surface area contributed by atoms with Crippen LogP contribution in [0.5, 0.6) is 11.5 Å². The second-order valence-corrected chi connectivity index (χ2v) is 32.4. The molecule has 10 amide bonds. The summed E-state index contributed by atoms with van der Waals surface area (Å²) in [4.78, 5) is 195. The summed E-state index contributed by atoms with van der Waals surface area (Å²) >= 11 is 0. The molecule has 9 aromatic carbocycles. The van der Waals surface area contributed by atoms with Crippen molar-refractivity contribution in [3.05, 3.63) is 341 Å². The molecule has 5 heterocycles. The van der Waals surface area contributed by atoms with Gasteiger partial charge in [-0.25, -0.2) is 28.7 Å². The predicted octanol–water partition coefficient (Wildman–Crippen LogP) is 11.2. The number of nitrogens with two attached hydrogens (primary N) is 5. The van der Waals surface area contributed by atoms with Crippen LogP contribution in [0.2, 0.25) is 0 Å². The van der Waals surface area contributed by atoms with Crippen LogP contribution >= 0.6 is 0 Å². The number of Topliss-reactive ketones (excluding diaryl/α,β-unsaturated/α-hetero) is 5. The lowest BCUT2D eigenvalue weighted by Crippen LogP contribution is -2.49. The number of nitrogens with zero attached hydrogens (tertiary/aromatic N) is 7. The van der Waals surface area contributed by atoms with Gasteiger partial charge in [0.15, 0.2) is 17.7 Å². The Morgan fingerprint density at radius 1 is 0.354 bits per heavy atom. The molecule has 42 heteroatoms. The Kier molecular flexibility index (Phi) is 39.6.